The fourth-order valence-electron chi connectivity index (χ4n) is 2.18. The number of carboxylic acids is 1. The highest BCUT2D eigenvalue weighted by atomic mass is 32.2. The van der Waals surface area contributed by atoms with Crippen LogP contribution in [0.15, 0.2) is 29.2 Å². The summed E-state index contributed by atoms with van der Waals surface area (Å²) in [5, 5.41) is 8.79. The van der Waals surface area contributed by atoms with E-state index < -0.39 is 16.8 Å². The summed E-state index contributed by atoms with van der Waals surface area (Å²) in [4.78, 5) is 25.0. The van der Waals surface area contributed by atoms with Crippen molar-refractivity contribution in [3.8, 4) is 0 Å². The van der Waals surface area contributed by atoms with Crippen LogP contribution in [-0.2, 0) is 15.6 Å². The first-order valence-electron chi connectivity index (χ1n) is 6.57. The molecule has 1 aliphatic heterocycles. The van der Waals surface area contributed by atoms with E-state index in [-0.39, 0.29) is 17.2 Å². The molecule has 1 N–H and O–H groups in total. The molecule has 1 atom stereocenters. The number of piperidine rings is 1. The van der Waals surface area contributed by atoms with Gasteiger partial charge in [-0.15, -0.1) is 0 Å². The highest BCUT2D eigenvalue weighted by Crippen LogP contribution is 2.12. The third-order valence-corrected chi connectivity index (χ3v) is 4.63. The first kappa shape index (κ1) is 14.7. The quantitative estimate of drug-likeness (QED) is 0.913. The summed E-state index contributed by atoms with van der Waals surface area (Å²) in [6, 6.07) is 5.81. The van der Waals surface area contributed by atoms with Crippen LogP contribution >= 0.6 is 0 Å². The van der Waals surface area contributed by atoms with Crippen LogP contribution in [0.25, 0.3) is 0 Å². The van der Waals surface area contributed by atoms with Crippen molar-refractivity contribution in [3.63, 3.8) is 0 Å². The fourth-order valence-corrected chi connectivity index (χ4v) is 3.19. The van der Waals surface area contributed by atoms with Crippen molar-refractivity contribution in [2.24, 2.45) is 0 Å². The van der Waals surface area contributed by atoms with Gasteiger partial charge in [0.15, 0.2) is 0 Å². The summed E-state index contributed by atoms with van der Waals surface area (Å²) in [5.41, 5.74) is 0.146. The predicted octanol–water partition coefficient (Wildman–Crippen LogP) is 1.50. The van der Waals surface area contributed by atoms with Crippen molar-refractivity contribution >= 4 is 22.7 Å². The molecule has 1 saturated heterocycles. The minimum absolute atomic E-state index is 0.0353. The molecule has 2 rings (SSSR count). The van der Waals surface area contributed by atoms with Crippen molar-refractivity contribution in [1.82, 2.24) is 4.90 Å². The Morgan fingerprint density at radius 2 is 1.70 bits per heavy atom. The number of hydrogen-bond donors (Lipinski definition) is 1. The number of nitrogens with zero attached hydrogens (tertiary/aromatic N) is 1. The lowest BCUT2D eigenvalue weighted by Crippen LogP contribution is -2.38. The molecule has 0 bridgehead atoms. The number of carbonyl (C=O) groups is 2. The van der Waals surface area contributed by atoms with Gasteiger partial charge >= 0.3 is 5.97 Å². The van der Waals surface area contributed by atoms with Gasteiger partial charge in [0.1, 0.15) is 5.75 Å². The second-order valence-electron chi connectivity index (χ2n) is 4.76. The molecular formula is C14H17NO4S. The van der Waals surface area contributed by atoms with E-state index in [1.165, 1.54) is 24.3 Å². The number of carbonyl (C=O) groups excluding carboxylic acids is 1. The Balaban J connectivity index is 1.96. The summed E-state index contributed by atoms with van der Waals surface area (Å²) >= 11 is 0. The average molecular weight is 295 g/mol. The molecule has 0 spiro atoms. The van der Waals surface area contributed by atoms with Gasteiger partial charge in [0, 0.05) is 18.0 Å². The number of rotatable bonds is 4. The monoisotopic (exact) mass is 295 g/mol. The molecule has 1 unspecified atom stereocenters. The minimum atomic E-state index is -1.42. The van der Waals surface area contributed by atoms with Crippen LogP contribution in [0.5, 0.6) is 0 Å². The molecule has 0 radical (unpaired) electrons. The predicted molar refractivity (Wildman–Crippen MR) is 75.1 cm³/mol. The Hall–Kier alpha value is -1.69. The maximum absolute atomic E-state index is 12.1. The van der Waals surface area contributed by atoms with Gasteiger partial charge in [-0.2, -0.15) is 0 Å². The lowest BCUT2D eigenvalue weighted by Gasteiger charge is -2.26. The van der Waals surface area contributed by atoms with Crippen LogP contribution < -0.4 is 0 Å². The van der Waals surface area contributed by atoms with Gasteiger partial charge in [-0.3, -0.25) is 9.00 Å². The Morgan fingerprint density at radius 1 is 1.10 bits per heavy atom. The molecule has 0 saturated carbocycles. The van der Waals surface area contributed by atoms with E-state index in [2.05, 4.69) is 0 Å². The van der Waals surface area contributed by atoms with Crippen LogP contribution in [0.3, 0.4) is 0 Å². The third kappa shape index (κ3) is 3.66. The molecule has 1 amide bonds. The molecule has 108 valence electrons. The molecule has 1 aromatic carbocycles. The average Bonchev–Trinajstić information content (AvgIpc) is 2.48. The number of aromatic carboxylic acids is 1. The topological polar surface area (TPSA) is 74.7 Å². The normalized spacial score (nSPS) is 16.7. The molecule has 1 heterocycles. The van der Waals surface area contributed by atoms with Crippen LogP contribution in [0, 0.1) is 0 Å². The van der Waals surface area contributed by atoms with Crippen LogP contribution in [0.1, 0.15) is 29.6 Å². The molecule has 1 fully saturated rings. The number of likely N-dealkylation sites (tertiary alicyclic amines) is 1. The first-order valence-corrected chi connectivity index (χ1v) is 7.89. The molecule has 1 aliphatic rings. The van der Waals surface area contributed by atoms with Gasteiger partial charge in [-0.05, 0) is 43.5 Å². The van der Waals surface area contributed by atoms with Crippen molar-refractivity contribution in [2.45, 2.75) is 24.2 Å². The van der Waals surface area contributed by atoms with E-state index in [0.29, 0.717) is 4.90 Å². The number of benzene rings is 1. The fraction of sp³-hybridized carbons (Fsp3) is 0.429. The van der Waals surface area contributed by atoms with Crippen LogP contribution in [0.4, 0.5) is 0 Å². The molecule has 1 aromatic rings. The van der Waals surface area contributed by atoms with Gasteiger partial charge in [0.25, 0.3) is 0 Å². The molecule has 20 heavy (non-hydrogen) atoms. The largest absolute Gasteiger partial charge is 0.478 e. The van der Waals surface area contributed by atoms with E-state index in [0.717, 1.165) is 32.4 Å². The van der Waals surface area contributed by atoms with Crippen LogP contribution in [-0.4, -0.2) is 44.9 Å². The zero-order valence-corrected chi connectivity index (χ0v) is 11.9. The van der Waals surface area contributed by atoms with Gasteiger partial charge in [0.2, 0.25) is 5.91 Å². The summed E-state index contributed by atoms with van der Waals surface area (Å²) in [7, 11) is -1.42. The molecule has 6 heteroatoms. The second-order valence-corrected chi connectivity index (χ2v) is 6.21. The Kier molecular flexibility index (Phi) is 4.89. The zero-order valence-electron chi connectivity index (χ0n) is 11.1. The lowest BCUT2D eigenvalue weighted by molar-refractivity contribution is -0.129. The molecule has 0 aliphatic carbocycles. The van der Waals surface area contributed by atoms with Gasteiger partial charge in [-0.25, -0.2) is 4.79 Å². The van der Waals surface area contributed by atoms with Crippen molar-refractivity contribution in [1.29, 1.82) is 0 Å². The minimum Gasteiger partial charge on any atom is -0.478 e. The summed E-state index contributed by atoms with van der Waals surface area (Å²) in [5.74, 6) is -1.15. The van der Waals surface area contributed by atoms with Crippen LogP contribution in [0.2, 0.25) is 0 Å². The Morgan fingerprint density at radius 3 is 2.25 bits per heavy atom. The van der Waals surface area contributed by atoms with Gasteiger partial charge < -0.3 is 10.0 Å². The summed E-state index contributed by atoms with van der Waals surface area (Å²) in [6.07, 6.45) is 3.15. The van der Waals surface area contributed by atoms with E-state index in [4.69, 9.17) is 5.11 Å². The van der Waals surface area contributed by atoms with E-state index in [9.17, 15) is 13.8 Å². The Bertz CT molecular complexity index is 520. The highest BCUT2D eigenvalue weighted by Gasteiger charge is 2.19. The number of hydrogen-bond acceptors (Lipinski definition) is 3. The first-order chi connectivity index (χ1) is 9.58. The number of amides is 1. The van der Waals surface area contributed by atoms with Gasteiger partial charge in [0.05, 0.1) is 16.4 Å². The Labute approximate surface area is 120 Å². The molecular weight excluding hydrogens is 278 g/mol. The third-order valence-electron chi connectivity index (χ3n) is 3.33. The molecule has 5 nitrogen and oxygen atoms in total. The lowest BCUT2D eigenvalue weighted by atomic mass is 10.1. The standard InChI is InChI=1S/C14H17NO4S/c16-13(15-8-2-1-3-9-15)10-20(19)12-6-4-11(5-7-12)14(17)18/h4-7H,1-3,8-10H2,(H,17,18). The number of carboxylic acid groups (broad SMARTS) is 1. The van der Waals surface area contributed by atoms with Crippen molar-refractivity contribution in [2.75, 3.05) is 18.8 Å². The summed E-state index contributed by atoms with van der Waals surface area (Å²) < 4.78 is 12.1. The highest BCUT2D eigenvalue weighted by molar-refractivity contribution is 7.85. The van der Waals surface area contributed by atoms with E-state index in [1.807, 2.05) is 0 Å². The van der Waals surface area contributed by atoms with E-state index in [1.54, 1.807) is 4.90 Å². The summed E-state index contributed by atoms with van der Waals surface area (Å²) in [6.45, 7) is 1.49. The molecule has 0 aromatic heterocycles. The van der Waals surface area contributed by atoms with E-state index >= 15 is 0 Å². The second kappa shape index (κ2) is 6.65. The van der Waals surface area contributed by atoms with Crippen molar-refractivity contribution < 1.29 is 18.9 Å². The maximum Gasteiger partial charge on any atom is 0.335 e. The SMILES string of the molecule is O=C(O)c1ccc(S(=O)CC(=O)N2CCCCC2)cc1. The smallest absolute Gasteiger partial charge is 0.335 e. The maximum atomic E-state index is 12.1. The zero-order chi connectivity index (χ0) is 14.5. The van der Waals surface area contributed by atoms with Gasteiger partial charge in [-0.1, -0.05) is 0 Å². The van der Waals surface area contributed by atoms with Crippen molar-refractivity contribution in [3.05, 3.63) is 29.8 Å².